The monoisotopic (exact) mass is 205 g/mol. The van der Waals surface area contributed by atoms with Gasteiger partial charge >= 0.3 is 0 Å². The van der Waals surface area contributed by atoms with Gasteiger partial charge in [-0.1, -0.05) is 0 Å². The van der Waals surface area contributed by atoms with Gasteiger partial charge in [-0.05, 0) is 27.2 Å². The van der Waals surface area contributed by atoms with Crippen LogP contribution in [0.15, 0.2) is 0 Å². The summed E-state index contributed by atoms with van der Waals surface area (Å²) >= 11 is 0. The number of hydrogen-bond donors (Lipinski definition) is 2. The van der Waals surface area contributed by atoms with Crippen molar-refractivity contribution in [2.75, 3.05) is 20.3 Å². The van der Waals surface area contributed by atoms with E-state index in [-0.39, 0.29) is 24.4 Å². The quantitative estimate of drug-likeness (QED) is 0.636. The minimum absolute atomic E-state index is 0.0366. The molecule has 0 saturated heterocycles. The molecule has 0 spiro atoms. The molecule has 0 bridgehead atoms. The molecule has 0 rings (SSSR count). The van der Waals surface area contributed by atoms with Crippen LogP contribution in [0.25, 0.3) is 0 Å². The van der Waals surface area contributed by atoms with Gasteiger partial charge in [-0.2, -0.15) is 0 Å². The van der Waals surface area contributed by atoms with Gasteiger partial charge in [0.2, 0.25) is 0 Å². The van der Waals surface area contributed by atoms with E-state index >= 15 is 0 Å². The molecular formula is C10H23NO3. The number of methoxy groups -OCH3 is 1. The Bertz CT molecular complexity index is 148. The molecule has 0 heterocycles. The third kappa shape index (κ3) is 5.54. The number of rotatable bonds is 7. The summed E-state index contributed by atoms with van der Waals surface area (Å²) in [7, 11) is 1.68. The maximum Gasteiger partial charge on any atom is 0.0953 e. The lowest BCUT2D eigenvalue weighted by Gasteiger charge is -2.25. The highest BCUT2D eigenvalue weighted by Crippen LogP contribution is 2.13. The first-order chi connectivity index (χ1) is 6.43. The van der Waals surface area contributed by atoms with E-state index in [1.807, 2.05) is 20.8 Å². The molecule has 0 saturated carbocycles. The molecule has 2 atom stereocenters. The zero-order valence-corrected chi connectivity index (χ0v) is 9.62. The number of aliphatic hydroxyl groups excluding tert-OH is 1. The Morgan fingerprint density at radius 1 is 1.43 bits per heavy atom. The predicted octanol–water partition coefficient (Wildman–Crippen LogP) is 0.526. The average Bonchev–Trinajstić information content (AvgIpc) is 2.12. The molecule has 0 aromatic heterocycles. The smallest absolute Gasteiger partial charge is 0.0953 e. The summed E-state index contributed by atoms with van der Waals surface area (Å²) in [5, 5.41) is 8.95. The van der Waals surface area contributed by atoms with E-state index in [9.17, 15) is 0 Å². The molecule has 0 fully saturated rings. The molecule has 0 aliphatic carbocycles. The van der Waals surface area contributed by atoms with E-state index in [1.165, 1.54) is 0 Å². The lowest BCUT2D eigenvalue weighted by atomic mass is 10.1. The topological polar surface area (TPSA) is 64.7 Å². The van der Waals surface area contributed by atoms with Gasteiger partial charge in [0.25, 0.3) is 0 Å². The number of nitrogens with two attached hydrogens (primary N) is 1. The van der Waals surface area contributed by atoms with E-state index < -0.39 is 0 Å². The third-order valence-electron chi connectivity index (χ3n) is 2.36. The highest BCUT2D eigenvalue weighted by Gasteiger charge is 2.18. The minimum Gasteiger partial charge on any atom is -0.394 e. The molecule has 0 amide bonds. The molecular weight excluding hydrogens is 182 g/mol. The van der Waals surface area contributed by atoms with Crippen LogP contribution in [0.4, 0.5) is 0 Å². The summed E-state index contributed by atoms with van der Waals surface area (Å²) in [5.74, 6) is 0. The summed E-state index contributed by atoms with van der Waals surface area (Å²) < 4.78 is 10.7. The van der Waals surface area contributed by atoms with Crippen molar-refractivity contribution < 1.29 is 14.6 Å². The van der Waals surface area contributed by atoms with Crippen molar-refractivity contribution in [3.8, 4) is 0 Å². The lowest BCUT2D eigenvalue weighted by Crippen LogP contribution is -2.38. The van der Waals surface area contributed by atoms with Crippen LogP contribution in [0.1, 0.15) is 27.2 Å². The van der Waals surface area contributed by atoms with Crippen LogP contribution in [0.2, 0.25) is 0 Å². The van der Waals surface area contributed by atoms with Gasteiger partial charge in [0, 0.05) is 19.8 Å². The maximum atomic E-state index is 8.95. The normalized spacial score (nSPS) is 16.7. The zero-order valence-electron chi connectivity index (χ0n) is 9.62. The summed E-state index contributed by atoms with van der Waals surface area (Å²) in [4.78, 5) is 0. The Kier molecular flexibility index (Phi) is 6.27. The fourth-order valence-electron chi connectivity index (χ4n) is 0.929. The Morgan fingerprint density at radius 3 is 2.36 bits per heavy atom. The molecule has 0 radical (unpaired) electrons. The van der Waals surface area contributed by atoms with Crippen LogP contribution in [0.3, 0.4) is 0 Å². The van der Waals surface area contributed by atoms with Crippen LogP contribution < -0.4 is 5.73 Å². The molecule has 3 N–H and O–H groups in total. The van der Waals surface area contributed by atoms with E-state index in [2.05, 4.69) is 0 Å². The number of hydrogen-bond acceptors (Lipinski definition) is 4. The Morgan fingerprint density at radius 2 is 2.00 bits per heavy atom. The van der Waals surface area contributed by atoms with Gasteiger partial charge in [0.1, 0.15) is 0 Å². The molecule has 0 aliphatic rings. The Balaban J connectivity index is 3.71. The van der Waals surface area contributed by atoms with E-state index in [1.54, 1.807) is 7.11 Å². The van der Waals surface area contributed by atoms with Gasteiger partial charge < -0.3 is 20.3 Å². The first-order valence-electron chi connectivity index (χ1n) is 4.96. The third-order valence-corrected chi connectivity index (χ3v) is 2.36. The lowest BCUT2D eigenvalue weighted by molar-refractivity contribution is -0.0441. The molecule has 0 aromatic carbocycles. The second kappa shape index (κ2) is 6.35. The number of ether oxygens (including phenoxy) is 2. The molecule has 4 heteroatoms. The summed E-state index contributed by atoms with van der Waals surface area (Å²) in [6.07, 6.45) is 0.509. The molecule has 0 aromatic rings. The maximum absolute atomic E-state index is 8.95. The molecule has 0 aliphatic heterocycles. The van der Waals surface area contributed by atoms with Crippen LogP contribution >= 0.6 is 0 Å². The van der Waals surface area contributed by atoms with Crippen LogP contribution in [0, 0.1) is 0 Å². The van der Waals surface area contributed by atoms with Crippen molar-refractivity contribution in [2.45, 2.75) is 44.9 Å². The number of aliphatic hydroxyl groups is 1. The van der Waals surface area contributed by atoms with Gasteiger partial charge in [0.05, 0.1) is 18.3 Å². The van der Waals surface area contributed by atoms with Crippen LogP contribution in [0.5, 0.6) is 0 Å². The first-order valence-corrected chi connectivity index (χ1v) is 4.96. The van der Waals surface area contributed by atoms with E-state index in [4.69, 9.17) is 20.3 Å². The SMILES string of the molecule is COC(C)(C)CCOC(CO)C(C)N. The molecule has 4 nitrogen and oxygen atoms in total. The summed E-state index contributed by atoms with van der Waals surface area (Å²) in [6, 6.07) is -0.148. The highest BCUT2D eigenvalue weighted by atomic mass is 16.5. The second-order valence-corrected chi connectivity index (χ2v) is 4.16. The summed E-state index contributed by atoms with van der Waals surface area (Å²) in [6.45, 7) is 6.33. The van der Waals surface area contributed by atoms with Crippen molar-refractivity contribution in [3.63, 3.8) is 0 Å². The van der Waals surface area contributed by atoms with Gasteiger partial charge in [-0.25, -0.2) is 0 Å². The minimum atomic E-state index is -0.275. The van der Waals surface area contributed by atoms with Crippen molar-refractivity contribution in [3.05, 3.63) is 0 Å². The average molecular weight is 205 g/mol. The van der Waals surface area contributed by atoms with Crippen molar-refractivity contribution in [1.82, 2.24) is 0 Å². The fourth-order valence-corrected chi connectivity index (χ4v) is 0.929. The van der Waals surface area contributed by atoms with Crippen LogP contribution in [-0.2, 0) is 9.47 Å². The fraction of sp³-hybridized carbons (Fsp3) is 1.00. The summed E-state index contributed by atoms with van der Waals surface area (Å²) in [5.41, 5.74) is 5.43. The van der Waals surface area contributed by atoms with Crippen molar-refractivity contribution in [1.29, 1.82) is 0 Å². The van der Waals surface area contributed by atoms with Gasteiger partial charge in [0.15, 0.2) is 0 Å². The second-order valence-electron chi connectivity index (χ2n) is 4.16. The van der Waals surface area contributed by atoms with Gasteiger partial charge in [-0.3, -0.25) is 0 Å². The van der Waals surface area contributed by atoms with Crippen molar-refractivity contribution >= 4 is 0 Å². The van der Waals surface area contributed by atoms with E-state index in [0.717, 1.165) is 6.42 Å². The molecule has 14 heavy (non-hydrogen) atoms. The first kappa shape index (κ1) is 13.8. The highest BCUT2D eigenvalue weighted by molar-refractivity contribution is 4.70. The molecule has 86 valence electrons. The Hall–Kier alpha value is -0.160. The van der Waals surface area contributed by atoms with Crippen LogP contribution in [-0.4, -0.2) is 43.2 Å². The predicted molar refractivity (Wildman–Crippen MR) is 56.2 cm³/mol. The Labute approximate surface area is 86.4 Å². The zero-order chi connectivity index (χ0) is 11.2. The molecule has 2 unspecified atom stereocenters. The standard InChI is InChI=1S/C10H23NO3/c1-8(11)9(7-12)14-6-5-10(2,3)13-4/h8-9,12H,5-7,11H2,1-4H3. The largest absolute Gasteiger partial charge is 0.394 e. The van der Waals surface area contributed by atoms with E-state index in [0.29, 0.717) is 6.61 Å². The van der Waals surface area contributed by atoms with Crippen molar-refractivity contribution in [2.24, 2.45) is 5.73 Å². The van der Waals surface area contributed by atoms with Gasteiger partial charge in [-0.15, -0.1) is 0 Å².